The maximum absolute atomic E-state index is 13.3. The molecule has 2 aromatic heterocycles. The van der Waals surface area contributed by atoms with Gasteiger partial charge >= 0.3 is 0 Å². The molecule has 0 aliphatic carbocycles. The van der Waals surface area contributed by atoms with Crippen LogP contribution in [0, 0.1) is 0 Å². The molecule has 1 aliphatic rings. The molecule has 2 amide bonds. The fourth-order valence-electron chi connectivity index (χ4n) is 3.78. The van der Waals surface area contributed by atoms with E-state index in [1.165, 1.54) is 37.7 Å². The highest BCUT2D eigenvalue weighted by molar-refractivity contribution is 7.92. The highest BCUT2D eigenvalue weighted by Gasteiger charge is 2.36. The molecule has 2 aromatic carbocycles. The summed E-state index contributed by atoms with van der Waals surface area (Å²) in [5, 5.41) is 3.66. The van der Waals surface area contributed by atoms with E-state index in [4.69, 9.17) is 9.26 Å². The van der Waals surface area contributed by atoms with Gasteiger partial charge in [0.05, 0.1) is 25.4 Å². The number of carbonyl (C=O) groups excluding carboxylic acids is 2. The molecule has 0 fully saturated rings. The van der Waals surface area contributed by atoms with Gasteiger partial charge in [-0.15, -0.1) is 0 Å². The number of carbonyl (C=O) groups is 2. The second-order valence-electron chi connectivity index (χ2n) is 7.64. The van der Waals surface area contributed by atoms with Crippen molar-refractivity contribution in [2.24, 2.45) is 0 Å². The zero-order chi connectivity index (χ0) is 24.6. The minimum absolute atomic E-state index is 0.0761. The summed E-state index contributed by atoms with van der Waals surface area (Å²) in [7, 11) is -2.74. The molecule has 3 heterocycles. The summed E-state index contributed by atoms with van der Waals surface area (Å²) in [6, 6.07) is 15.9. The Bertz CT molecular complexity index is 1510. The van der Waals surface area contributed by atoms with Crippen molar-refractivity contribution in [3.05, 3.63) is 89.9 Å². The molecular weight excluding hydrogens is 472 g/mol. The van der Waals surface area contributed by atoms with Gasteiger partial charge in [0.25, 0.3) is 21.8 Å². The van der Waals surface area contributed by atoms with Crippen LogP contribution in [0.1, 0.15) is 26.4 Å². The first kappa shape index (κ1) is 22.3. The quantitative estimate of drug-likeness (QED) is 0.390. The molecule has 1 aliphatic heterocycles. The molecule has 0 saturated heterocycles. The average molecular weight is 490 g/mol. The fourth-order valence-corrected chi connectivity index (χ4v) is 5.05. The molecule has 5 rings (SSSR count). The van der Waals surface area contributed by atoms with E-state index in [-0.39, 0.29) is 28.4 Å². The van der Waals surface area contributed by atoms with Crippen molar-refractivity contribution in [2.75, 3.05) is 11.8 Å². The number of aromatic nitrogens is 2. The summed E-state index contributed by atoms with van der Waals surface area (Å²) < 4.78 is 39.5. The molecule has 4 aromatic rings. The Morgan fingerprint density at radius 3 is 2.60 bits per heavy atom. The summed E-state index contributed by atoms with van der Waals surface area (Å²) >= 11 is 0. The number of methoxy groups -OCH3 is 1. The fraction of sp³-hybridized carbons (Fsp3) is 0.0833. The molecule has 0 atom stereocenters. The van der Waals surface area contributed by atoms with Crippen LogP contribution in [0.15, 0.2) is 82.5 Å². The van der Waals surface area contributed by atoms with Gasteiger partial charge in [-0.25, -0.2) is 8.42 Å². The molecule has 0 spiro atoms. The maximum atomic E-state index is 13.3. The topological polar surface area (TPSA) is 132 Å². The molecule has 0 bridgehead atoms. The minimum Gasteiger partial charge on any atom is -0.495 e. The highest BCUT2D eigenvalue weighted by atomic mass is 32.2. The number of rotatable bonds is 7. The first-order valence-corrected chi connectivity index (χ1v) is 11.9. The zero-order valence-electron chi connectivity index (χ0n) is 18.3. The van der Waals surface area contributed by atoms with Gasteiger partial charge in [0.2, 0.25) is 0 Å². The van der Waals surface area contributed by atoms with Crippen LogP contribution in [-0.2, 0) is 16.6 Å². The number of pyridine rings is 1. The number of anilines is 1. The Labute approximate surface area is 200 Å². The molecule has 0 unspecified atom stereocenters. The summed E-state index contributed by atoms with van der Waals surface area (Å²) in [5.74, 6) is -0.424. The van der Waals surface area contributed by atoms with Crippen LogP contribution in [0.25, 0.3) is 11.3 Å². The van der Waals surface area contributed by atoms with E-state index >= 15 is 0 Å². The predicted molar refractivity (Wildman–Crippen MR) is 124 cm³/mol. The third-order valence-corrected chi connectivity index (χ3v) is 6.83. The summed E-state index contributed by atoms with van der Waals surface area (Å²) in [5.41, 5.74) is 1.66. The van der Waals surface area contributed by atoms with Gasteiger partial charge in [-0.1, -0.05) is 23.4 Å². The van der Waals surface area contributed by atoms with E-state index in [0.717, 1.165) is 4.90 Å². The van der Waals surface area contributed by atoms with E-state index in [9.17, 15) is 18.0 Å². The lowest BCUT2D eigenvalue weighted by Gasteiger charge is -2.16. The monoisotopic (exact) mass is 490 g/mol. The molecular formula is C24H18N4O6S. The first-order chi connectivity index (χ1) is 16.9. The molecule has 1 N–H and O–H groups in total. The first-order valence-electron chi connectivity index (χ1n) is 10.4. The Kier molecular flexibility index (Phi) is 5.53. The lowest BCUT2D eigenvalue weighted by molar-refractivity contribution is 0.0640. The van der Waals surface area contributed by atoms with Crippen molar-refractivity contribution in [3.8, 4) is 17.1 Å². The largest absolute Gasteiger partial charge is 0.495 e. The van der Waals surface area contributed by atoms with Gasteiger partial charge in [-0.3, -0.25) is 24.2 Å². The van der Waals surface area contributed by atoms with Crippen LogP contribution in [-0.4, -0.2) is 42.4 Å². The van der Waals surface area contributed by atoms with Crippen LogP contribution < -0.4 is 9.46 Å². The second-order valence-corrected chi connectivity index (χ2v) is 9.30. The van der Waals surface area contributed by atoms with Crippen molar-refractivity contribution in [2.45, 2.75) is 11.4 Å². The summed E-state index contributed by atoms with van der Waals surface area (Å²) in [6.45, 7) is -0.123. The highest BCUT2D eigenvalue weighted by Crippen LogP contribution is 2.30. The Hall–Kier alpha value is -4.51. The Balaban J connectivity index is 1.44. The molecule has 176 valence electrons. The van der Waals surface area contributed by atoms with E-state index in [1.54, 1.807) is 42.5 Å². The van der Waals surface area contributed by atoms with E-state index in [1.807, 2.05) is 0 Å². The molecule has 35 heavy (non-hydrogen) atoms. The van der Waals surface area contributed by atoms with Crippen LogP contribution in [0.5, 0.6) is 5.75 Å². The summed E-state index contributed by atoms with van der Waals surface area (Å²) in [4.78, 5) is 30.2. The standard InChI is InChI=1S/C24H18N4O6S/c1-33-20-8-7-15(14-28-23(29)18-6-3-10-25-22(18)24(28)30)12-21(20)35(31,32)27-17-5-2-4-16(13-17)19-9-11-26-34-19/h2-13,27H,14H2,1H3. The normalized spacial score (nSPS) is 13.1. The van der Waals surface area contributed by atoms with E-state index < -0.39 is 21.8 Å². The van der Waals surface area contributed by atoms with Gasteiger partial charge in [-0.05, 0) is 42.0 Å². The zero-order valence-corrected chi connectivity index (χ0v) is 19.2. The molecule has 0 saturated carbocycles. The number of hydrogen-bond acceptors (Lipinski definition) is 8. The Morgan fingerprint density at radius 1 is 1.00 bits per heavy atom. The van der Waals surface area contributed by atoms with Crippen LogP contribution >= 0.6 is 0 Å². The second kappa shape index (κ2) is 8.69. The number of sulfonamides is 1. The lowest BCUT2D eigenvalue weighted by Crippen LogP contribution is -2.29. The van der Waals surface area contributed by atoms with Crippen molar-refractivity contribution in [1.29, 1.82) is 0 Å². The summed E-state index contributed by atoms with van der Waals surface area (Å²) in [6.07, 6.45) is 2.93. The number of fused-ring (bicyclic) bond motifs is 1. The van der Waals surface area contributed by atoms with E-state index in [2.05, 4.69) is 14.9 Å². The van der Waals surface area contributed by atoms with Gasteiger partial charge in [0.15, 0.2) is 5.76 Å². The number of ether oxygens (including phenoxy) is 1. The van der Waals surface area contributed by atoms with Gasteiger partial charge in [-0.2, -0.15) is 0 Å². The van der Waals surface area contributed by atoms with Gasteiger partial charge in [0.1, 0.15) is 16.3 Å². The van der Waals surface area contributed by atoms with Gasteiger partial charge in [0, 0.05) is 23.5 Å². The number of nitrogens with one attached hydrogen (secondary N) is 1. The van der Waals surface area contributed by atoms with Crippen molar-refractivity contribution in [3.63, 3.8) is 0 Å². The van der Waals surface area contributed by atoms with Crippen LogP contribution in [0.2, 0.25) is 0 Å². The average Bonchev–Trinajstić information content (AvgIpc) is 3.48. The third-order valence-electron chi connectivity index (χ3n) is 5.43. The third kappa shape index (κ3) is 4.13. The number of nitrogens with zero attached hydrogens (tertiary/aromatic N) is 3. The van der Waals surface area contributed by atoms with E-state index in [0.29, 0.717) is 22.6 Å². The van der Waals surface area contributed by atoms with Crippen LogP contribution in [0.4, 0.5) is 5.69 Å². The Morgan fingerprint density at radius 2 is 1.86 bits per heavy atom. The molecule has 10 nitrogen and oxygen atoms in total. The lowest BCUT2D eigenvalue weighted by atomic mass is 10.1. The SMILES string of the molecule is COc1ccc(CN2C(=O)c3cccnc3C2=O)cc1S(=O)(=O)Nc1cccc(-c2ccno2)c1. The molecule has 0 radical (unpaired) electrons. The number of hydrogen-bond donors (Lipinski definition) is 1. The predicted octanol–water partition coefficient (Wildman–Crippen LogP) is 3.34. The van der Waals surface area contributed by atoms with Crippen LogP contribution in [0.3, 0.4) is 0 Å². The smallest absolute Gasteiger partial charge is 0.280 e. The maximum Gasteiger partial charge on any atom is 0.280 e. The van der Waals surface area contributed by atoms with Crippen molar-refractivity contribution in [1.82, 2.24) is 15.0 Å². The minimum atomic E-state index is -4.10. The number of benzene rings is 2. The van der Waals surface area contributed by atoms with Crippen molar-refractivity contribution >= 4 is 27.5 Å². The number of imide groups is 1. The van der Waals surface area contributed by atoms with Gasteiger partial charge < -0.3 is 9.26 Å². The molecule has 11 heteroatoms. The number of amides is 2. The van der Waals surface area contributed by atoms with Crippen molar-refractivity contribution < 1.29 is 27.3 Å².